The fourth-order valence-corrected chi connectivity index (χ4v) is 6.05. The van der Waals surface area contributed by atoms with E-state index in [1.165, 1.54) is 11.3 Å². The van der Waals surface area contributed by atoms with Crippen LogP contribution >= 0.6 is 11.3 Å². The normalized spacial score (nSPS) is 20.1. The Labute approximate surface area is 237 Å². The fourth-order valence-electron chi connectivity index (χ4n) is 4.95. The monoisotopic (exact) mass is 571 g/mol. The summed E-state index contributed by atoms with van der Waals surface area (Å²) in [5.74, 6) is -0.533. The van der Waals surface area contributed by atoms with Crippen LogP contribution < -0.4 is 16.0 Å². The van der Waals surface area contributed by atoms with Crippen LogP contribution in [0.25, 0.3) is 0 Å². The molecule has 1 aromatic heterocycles. The summed E-state index contributed by atoms with van der Waals surface area (Å²) < 4.78 is 0. The minimum absolute atomic E-state index is 0.0232. The van der Waals surface area contributed by atoms with Crippen molar-refractivity contribution in [3.05, 3.63) is 51.0 Å². The van der Waals surface area contributed by atoms with E-state index in [0.29, 0.717) is 35.4 Å². The molecule has 12 nitrogen and oxygen atoms in total. The lowest BCUT2D eigenvalue weighted by molar-refractivity contribution is -0.134. The number of amides is 3. The van der Waals surface area contributed by atoms with Crippen LogP contribution in [0.1, 0.15) is 55.6 Å². The first-order chi connectivity index (χ1) is 19.1. The molecule has 0 radical (unpaired) electrons. The number of aromatic nitrogens is 1. The number of fused-ring (bicyclic) bond motifs is 1. The highest BCUT2D eigenvalue weighted by atomic mass is 32.1. The van der Waals surface area contributed by atoms with E-state index in [2.05, 4.69) is 32.9 Å². The first-order valence-corrected chi connectivity index (χ1v) is 13.8. The summed E-state index contributed by atoms with van der Waals surface area (Å²) in [6, 6.07) is 6.12. The number of carbonyl (C=O) groups excluding carboxylic acids is 3. The van der Waals surface area contributed by atoms with Crippen LogP contribution in [0.5, 0.6) is 0 Å². The van der Waals surface area contributed by atoms with Gasteiger partial charge >= 0.3 is 0 Å². The Balaban J connectivity index is 0.00000141. The molecule has 1 fully saturated rings. The minimum atomic E-state index is -0.415. The predicted octanol–water partition coefficient (Wildman–Crippen LogP) is 1.16. The van der Waals surface area contributed by atoms with Gasteiger partial charge in [-0.1, -0.05) is 12.1 Å². The number of thiazole rings is 1. The van der Waals surface area contributed by atoms with E-state index >= 15 is 0 Å². The zero-order chi connectivity index (χ0) is 29.4. The average Bonchev–Trinajstić information content (AvgIpc) is 3.37. The second-order valence-electron chi connectivity index (χ2n) is 10.1. The van der Waals surface area contributed by atoms with Crippen LogP contribution in [0, 0.1) is 11.3 Å². The number of nitrogens with one attached hydrogen (secondary N) is 4. The molecule has 3 atom stereocenters. The Morgan fingerprint density at radius 2 is 1.82 bits per heavy atom. The maximum atomic E-state index is 13.3. The van der Waals surface area contributed by atoms with Crippen molar-refractivity contribution in [1.82, 2.24) is 30.7 Å². The molecule has 40 heavy (non-hydrogen) atoms. The summed E-state index contributed by atoms with van der Waals surface area (Å²) in [7, 11) is 7.18. The number of likely N-dealkylation sites (N-methyl/N-ethyl adjacent to an activating group) is 1. The number of carbonyl (C=O) groups is 4. The van der Waals surface area contributed by atoms with E-state index < -0.39 is 6.04 Å². The second-order valence-corrected chi connectivity index (χ2v) is 11.2. The zero-order valence-electron chi connectivity index (χ0n) is 23.2. The number of benzene rings is 1. The lowest BCUT2D eigenvalue weighted by Gasteiger charge is -2.37. The fraction of sp³-hybridized carbons (Fsp3) is 0.481. The number of rotatable bonds is 6. The molecule has 1 aliphatic carbocycles. The third kappa shape index (κ3) is 7.63. The van der Waals surface area contributed by atoms with Gasteiger partial charge in [-0.05, 0) is 38.4 Å². The molecule has 13 heteroatoms. The topological polar surface area (TPSA) is 168 Å². The van der Waals surface area contributed by atoms with Crippen molar-refractivity contribution >= 4 is 41.4 Å². The van der Waals surface area contributed by atoms with Gasteiger partial charge in [-0.25, -0.2) is 4.98 Å². The largest absolute Gasteiger partial charge is 0.483 e. The number of hydrogen-bond acceptors (Lipinski definition) is 8. The number of amidine groups is 1. The van der Waals surface area contributed by atoms with Gasteiger partial charge in [0, 0.05) is 68.6 Å². The maximum Gasteiger partial charge on any atom is 0.290 e. The van der Waals surface area contributed by atoms with Gasteiger partial charge < -0.3 is 30.9 Å². The van der Waals surface area contributed by atoms with E-state index in [1.54, 1.807) is 50.3 Å². The number of nitrogens with zero attached hydrogens (tertiary/aromatic N) is 3. The van der Waals surface area contributed by atoms with Gasteiger partial charge in [-0.2, -0.15) is 0 Å². The first-order valence-electron chi connectivity index (χ1n) is 13.0. The van der Waals surface area contributed by atoms with Gasteiger partial charge in [0.15, 0.2) is 5.01 Å². The van der Waals surface area contributed by atoms with Crippen molar-refractivity contribution in [3.8, 4) is 0 Å². The number of hydrogen-bond donors (Lipinski definition) is 5. The van der Waals surface area contributed by atoms with E-state index in [-0.39, 0.29) is 42.0 Å². The predicted molar refractivity (Wildman–Crippen MR) is 152 cm³/mol. The summed E-state index contributed by atoms with van der Waals surface area (Å²) in [5.41, 5.74) is 2.03. The van der Waals surface area contributed by atoms with Crippen molar-refractivity contribution < 1.29 is 24.3 Å². The molecule has 2 aliphatic rings. The molecule has 216 valence electrons. The number of carboxylic acid groups (broad SMARTS) is 1. The molecule has 2 aromatic rings. The molecular weight excluding hydrogens is 534 g/mol. The van der Waals surface area contributed by atoms with E-state index in [1.807, 2.05) is 0 Å². The minimum Gasteiger partial charge on any atom is -0.483 e. The van der Waals surface area contributed by atoms with Crippen LogP contribution in [0.2, 0.25) is 0 Å². The Hall–Kier alpha value is -3.84. The van der Waals surface area contributed by atoms with E-state index in [4.69, 9.17) is 15.3 Å². The zero-order valence-corrected chi connectivity index (χ0v) is 24.0. The molecule has 5 N–H and O–H groups in total. The highest BCUT2D eigenvalue weighted by Gasteiger charge is 2.37. The van der Waals surface area contributed by atoms with Crippen molar-refractivity contribution in [1.29, 1.82) is 5.41 Å². The molecular formula is C27H37N7O5S. The average molecular weight is 572 g/mol. The summed E-state index contributed by atoms with van der Waals surface area (Å²) in [4.78, 5) is 57.0. The molecule has 0 saturated heterocycles. The summed E-state index contributed by atoms with van der Waals surface area (Å²) in [6.45, 7) is 1.45. The maximum absolute atomic E-state index is 13.3. The lowest BCUT2D eigenvalue weighted by atomic mass is 9.81. The lowest BCUT2D eigenvalue weighted by Crippen LogP contribution is -2.55. The van der Waals surface area contributed by atoms with Crippen molar-refractivity contribution in [3.63, 3.8) is 0 Å². The Morgan fingerprint density at radius 3 is 2.50 bits per heavy atom. The summed E-state index contributed by atoms with van der Waals surface area (Å²) in [6.07, 6.45) is 2.44. The van der Waals surface area contributed by atoms with Crippen molar-refractivity contribution in [2.45, 2.75) is 44.3 Å². The van der Waals surface area contributed by atoms with E-state index in [9.17, 15) is 14.4 Å². The molecule has 2 heterocycles. The van der Waals surface area contributed by atoms with Gasteiger partial charge in [0.05, 0.1) is 11.7 Å². The molecule has 1 aromatic carbocycles. The third-order valence-electron chi connectivity index (χ3n) is 7.05. The molecule has 3 amide bonds. The van der Waals surface area contributed by atoms with Crippen LogP contribution in [0.3, 0.4) is 0 Å². The first kappa shape index (κ1) is 30.7. The van der Waals surface area contributed by atoms with Crippen LogP contribution in [0.15, 0.2) is 24.3 Å². The van der Waals surface area contributed by atoms with Gasteiger partial charge in [-0.3, -0.25) is 24.6 Å². The molecule has 1 aliphatic heterocycles. The molecule has 0 spiro atoms. The van der Waals surface area contributed by atoms with Crippen LogP contribution in [0.4, 0.5) is 0 Å². The molecule has 1 saturated carbocycles. The van der Waals surface area contributed by atoms with Gasteiger partial charge in [-0.15, -0.1) is 11.3 Å². The highest BCUT2D eigenvalue weighted by molar-refractivity contribution is 7.13. The quantitative estimate of drug-likeness (QED) is 0.196. The summed E-state index contributed by atoms with van der Waals surface area (Å²) in [5, 5.41) is 24.2. The highest BCUT2D eigenvalue weighted by Crippen LogP contribution is 2.28. The molecule has 0 bridgehead atoms. The van der Waals surface area contributed by atoms with E-state index in [0.717, 1.165) is 30.1 Å². The second kappa shape index (κ2) is 14.0. The smallest absolute Gasteiger partial charge is 0.290 e. The Kier molecular flexibility index (Phi) is 10.7. The van der Waals surface area contributed by atoms with Gasteiger partial charge in [0.2, 0.25) is 5.91 Å². The Morgan fingerprint density at radius 1 is 1.15 bits per heavy atom. The molecule has 4 rings (SSSR count). The standard InChI is InChI=1S/C26H35N7O3S.CH2O2/c1-28-22(27)15-6-5-7-16(12-15)23(34)29-18-9-8-17(26(36)32(2)3)13-20(18)30-24(35)25-31-19-10-11-33(4)14-21(19)37-25;2-1-3/h5-7,12,17-18,20H,8-11,13-14H2,1-4H3,(H2,27,28)(H,29,34)(H,30,35);1H,(H,2,3)/t17-,18-,20+;/m0./s1. The SMILES string of the molecule is CNC(=N)c1cccc(C(=O)N[C@H]2CC[C@H](C(=O)N(C)C)C[C@H]2NC(=O)c2nc3c(s2)CN(C)CC3)c1.O=CO. The molecule has 0 unspecified atom stereocenters. The van der Waals surface area contributed by atoms with Crippen molar-refractivity contribution in [2.75, 3.05) is 34.7 Å². The van der Waals surface area contributed by atoms with Crippen LogP contribution in [-0.2, 0) is 22.6 Å². The van der Waals surface area contributed by atoms with Gasteiger partial charge in [0.1, 0.15) is 5.84 Å². The third-order valence-corrected chi connectivity index (χ3v) is 8.13. The summed E-state index contributed by atoms with van der Waals surface area (Å²) >= 11 is 1.41. The van der Waals surface area contributed by atoms with Crippen LogP contribution in [-0.4, -0.2) is 96.7 Å². The Bertz CT molecular complexity index is 1250. The van der Waals surface area contributed by atoms with Crippen molar-refractivity contribution in [2.24, 2.45) is 5.92 Å². The van der Waals surface area contributed by atoms with Gasteiger partial charge in [0.25, 0.3) is 18.3 Å².